The molecule has 1 saturated carbocycles. The maximum Gasteiger partial charge on any atom is 0.231 e. The van der Waals surface area contributed by atoms with E-state index < -0.39 is 0 Å². The number of hydrogen-bond donors (Lipinski definition) is 1. The fraction of sp³-hybridized carbons (Fsp3) is 0.625. The molecular formula is C16H23ClN2O2. The first kappa shape index (κ1) is 14.9. The second-order valence-corrected chi connectivity index (χ2v) is 6.22. The monoisotopic (exact) mass is 310 g/mol. The van der Waals surface area contributed by atoms with E-state index >= 15 is 0 Å². The standard InChI is InChI=1S/C16H23ClN2O2/c1-2-3-6-19(12-4-5-12)14(9-18)11-7-13(17)16-15(8-11)20-10-21-16/h7-8,12,14H,2-6,9-10,18H2,1H3. The minimum atomic E-state index is 0.205. The molecule has 0 radical (unpaired) electrons. The number of rotatable bonds is 7. The number of fused-ring (bicyclic) bond motifs is 1. The highest BCUT2D eigenvalue weighted by Gasteiger charge is 2.34. The van der Waals surface area contributed by atoms with Gasteiger partial charge in [-0.05, 0) is 43.5 Å². The van der Waals surface area contributed by atoms with E-state index in [0.717, 1.165) is 17.9 Å². The van der Waals surface area contributed by atoms with E-state index in [0.29, 0.717) is 23.4 Å². The Kier molecular flexibility index (Phi) is 4.57. The van der Waals surface area contributed by atoms with Gasteiger partial charge in [0.25, 0.3) is 0 Å². The van der Waals surface area contributed by atoms with Crippen LogP contribution in [0.3, 0.4) is 0 Å². The molecule has 0 aromatic heterocycles. The Labute approximate surface area is 131 Å². The van der Waals surface area contributed by atoms with Gasteiger partial charge in [-0.1, -0.05) is 24.9 Å². The van der Waals surface area contributed by atoms with E-state index in [-0.39, 0.29) is 12.8 Å². The minimum absolute atomic E-state index is 0.205. The molecule has 1 unspecified atom stereocenters. The summed E-state index contributed by atoms with van der Waals surface area (Å²) in [6, 6.07) is 4.89. The van der Waals surface area contributed by atoms with Crippen LogP contribution in [0.5, 0.6) is 11.5 Å². The molecular weight excluding hydrogens is 288 g/mol. The summed E-state index contributed by atoms with van der Waals surface area (Å²) in [5.41, 5.74) is 7.22. The van der Waals surface area contributed by atoms with Gasteiger partial charge >= 0.3 is 0 Å². The summed E-state index contributed by atoms with van der Waals surface area (Å²) in [7, 11) is 0. The van der Waals surface area contributed by atoms with Crippen LogP contribution < -0.4 is 15.2 Å². The molecule has 1 aromatic rings. The fourth-order valence-electron chi connectivity index (χ4n) is 2.98. The molecule has 2 N–H and O–H groups in total. The zero-order valence-corrected chi connectivity index (χ0v) is 13.2. The molecule has 1 atom stereocenters. The molecule has 4 nitrogen and oxygen atoms in total. The van der Waals surface area contributed by atoms with Gasteiger partial charge in [-0.2, -0.15) is 0 Å². The second kappa shape index (κ2) is 6.42. The van der Waals surface area contributed by atoms with E-state index in [1.165, 1.54) is 25.7 Å². The number of benzene rings is 1. The van der Waals surface area contributed by atoms with Gasteiger partial charge in [0.2, 0.25) is 6.79 Å². The molecule has 116 valence electrons. The molecule has 1 fully saturated rings. The van der Waals surface area contributed by atoms with Crippen molar-refractivity contribution < 1.29 is 9.47 Å². The molecule has 0 saturated heterocycles. The van der Waals surface area contributed by atoms with Crippen LogP contribution in [0.15, 0.2) is 12.1 Å². The maximum atomic E-state index is 6.32. The van der Waals surface area contributed by atoms with E-state index in [1.54, 1.807) is 0 Å². The van der Waals surface area contributed by atoms with Crippen LogP contribution >= 0.6 is 11.6 Å². The van der Waals surface area contributed by atoms with Crippen LogP contribution in [0.25, 0.3) is 0 Å². The summed E-state index contributed by atoms with van der Waals surface area (Å²) in [5.74, 6) is 1.39. The molecule has 0 spiro atoms. The Morgan fingerprint density at radius 2 is 2.19 bits per heavy atom. The van der Waals surface area contributed by atoms with E-state index in [1.807, 2.05) is 12.1 Å². The van der Waals surface area contributed by atoms with Gasteiger partial charge < -0.3 is 15.2 Å². The van der Waals surface area contributed by atoms with Crippen molar-refractivity contribution in [2.24, 2.45) is 5.73 Å². The largest absolute Gasteiger partial charge is 0.454 e. The van der Waals surface area contributed by atoms with Crippen LogP contribution in [-0.4, -0.2) is 30.8 Å². The fourth-order valence-corrected chi connectivity index (χ4v) is 3.26. The molecule has 2 aliphatic rings. The third kappa shape index (κ3) is 3.12. The average Bonchev–Trinajstić information content (AvgIpc) is 3.20. The van der Waals surface area contributed by atoms with Crippen molar-refractivity contribution in [1.29, 1.82) is 0 Å². The lowest BCUT2D eigenvalue weighted by Gasteiger charge is -2.31. The van der Waals surface area contributed by atoms with Crippen molar-refractivity contribution in [3.05, 3.63) is 22.7 Å². The van der Waals surface area contributed by atoms with Crippen molar-refractivity contribution in [2.45, 2.75) is 44.7 Å². The van der Waals surface area contributed by atoms with Gasteiger partial charge in [0.15, 0.2) is 11.5 Å². The zero-order chi connectivity index (χ0) is 14.8. The molecule has 1 aromatic carbocycles. The molecule has 21 heavy (non-hydrogen) atoms. The van der Waals surface area contributed by atoms with E-state index in [2.05, 4.69) is 11.8 Å². The summed E-state index contributed by atoms with van der Waals surface area (Å²) in [6.07, 6.45) is 4.95. The third-order valence-electron chi connectivity index (χ3n) is 4.24. The number of unbranched alkanes of at least 4 members (excludes halogenated alkanes) is 1. The molecule has 0 bridgehead atoms. The SMILES string of the molecule is CCCCN(C1CC1)C(CN)c1cc(Cl)c2c(c1)OCO2. The molecule has 5 heteroatoms. The lowest BCUT2D eigenvalue weighted by molar-refractivity contribution is 0.173. The minimum Gasteiger partial charge on any atom is -0.454 e. The summed E-state index contributed by atoms with van der Waals surface area (Å²) in [5, 5.41) is 0.615. The molecule has 1 aliphatic heterocycles. The summed E-state index contributed by atoms with van der Waals surface area (Å²) in [4.78, 5) is 2.54. The van der Waals surface area contributed by atoms with Crippen molar-refractivity contribution in [1.82, 2.24) is 4.90 Å². The normalized spacial score (nSPS) is 18.3. The molecule has 3 rings (SSSR count). The maximum absolute atomic E-state index is 6.32. The van der Waals surface area contributed by atoms with E-state index in [9.17, 15) is 0 Å². The first-order valence-electron chi connectivity index (χ1n) is 7.79. The highest BCUT2D eigenvalue weighted by Crippen LogP contribution is 2.43. The second-order valence-electron chi connectivity index (χ2n) is 5.81. The van der Waals surface area contributed by atoms with Crippen molar-refractivity contribution in [2.75, 3.05) is 19.9 Å². The Balaban J connectivity index is 1.86. The third-order valence-corrected chi connectivity index (χ3v) is 4.52. The van der Waals surface area contributed by atoms with Crippen LogP contribution in [0.4, 0.5) is 0 Å². The number of ether oxygens (including phenoxy) is 2. The Morgan fingerprint density at radius 3 is 2.86 bits per heavy atom. The van der Waals surface area contributed by atoms with Crippen LogP contribution in [-0.2, 0) is 0 Å². The summed E-state index contributed by atoms with van der Waals surface area (Å²) < 4.78 is 10.9. The van der Waals surface area contributed by atoms with Gasteiger partial charge in [-0.3, -0.25) is 4.90 Å². The highest BCUT2D eigenvalue weighted by molar-refractivity contribution is 6.32. The van der Waals surface area contributed by atoms with E-state index in [4.69, 9.17) is 26.8 Å². The zero-order valence-electron chi connectivity index (χ0n) is 12.5. The predicted octanol–water partition coefficient (Wildman–Crippen LogP) is 3.33. The summed E-state index contributed by atoms with van der Waals surface area (Å²) in [6.45, 7) is 4.15. The van der Waals surface area contributed by atoms with Crippen LogP contribution in [0.1, 0.15) is 44.2 Å². The molecule has 1 aliphatic carbocycles. The van der Waals surface area contributed by atoms with Gasteiger partial charge in [-0.25, -0.2) is 0 Å². The Hall–Kier alpha value is -0.970. The Morgan fingerprint density at radius 1 is 1.38 bits per heavy atom. The first-order valence-corrected chi connectivity index (χ1v) is 8.17. The highest BCUT2D eigenvalue weighted by atomic mass is 35.5. The van der Waals surface area contributed by atoms with Gasteiger partial charge in [-0.15, -0.1) is 0 Å². The van der Waals surface area contributed by atoms with Gasteiger partial charge in [0.1, 0.15) is 0 Å². The van der Waals surface area contributed by atoms with Crippen molar-refractivity contribution in [3.8, 4) is 11.5 Å². The van der Waals surface area contributed by atoms with Crippen LogP contribution in [0.2, 0.25) is 5.02 Å². The average molecular weight is 311 g/mol. The first-order chi connectivity index (χ1) is 10.2. The van der Waals surface area contributed by atoms with Crippen LogP contribution in [0, 0.1) is 0 Å². The lowest BCUT2D eigenvalue weighted by Crippen LogP contribution is -2.36. The number of nitrogens with zero attached hydrogens (tertiary/aromatic N) is 1. The number of nitrogens with two attached hydrogens (primary N) is 1. The topological polar surface area (TPSA) is 47.7 Å². The van der Waals surface area contributed by atoms with Gasteiger partial charge in [0, 0.05) is 18.6 Å². The van der Waals surface area contributed by atoms with Crippen molar-refractivity contribution in [3.63, 3.8) is 0 Å². The quantitative estimate of drug-likeness (QED) is 0.839. The smallest absolute Gasteiger partial charge is 0.231 e. The van der Waals surface area contributed by atoms with Crippen molar-refractivity contribution >= 4 is 11.6 Å². The number of halogens is 1. The lowest BCUT2D eigenvalue weighted by atomic mass is 10.0. The summed E-state index contributed by atoms with van der Waals surface area (Å²) >= 11 is 6.32. The number of hydrogen-bond acceptors (Lipinski definition) is 4. The van der Waals surface area contributed by atoms with Gasteiger partial charge in [0.05, 0.1) is 5.02 Å². The molecule has 0 amide bonds. The molecule has 1 heterocycles. The Bertz CT molecular complexity index is 505. The predicted molar refractivity (Wildman–Crippen MR) is 84.0 cm³/mol.